The number of rotatable bonds is 7. The van der Waals surface area contributed by atoms with Crippen LogP contribution in [0.5, 0.6) is 0 Å². The molecule has 0 bridgehead atoms. The molecular formula is C13H21N3O2. The molecule has 0 saturated carbocycles. The summed E-state index contributed by atoms with van der Waals surface area (Å²) < 4.78 is 0. The van der Waals surface area contributed by atoms with Crippen LogP contribution < -0.4 is 4.90 Å². The molecule has 0 atom stereocenters. The fraction of sp³-hybridized carbons (Fsp3) is 0.538. The molecule has 5 heteroatoms. The van der Waals surface area contributed by atoms with E-state index >= 15 is 0 Å². The van der Waals surface area contributed by atoms with Gasteiger partial charge in [-0.05, 0) is 46.1 Å². The van der Waals surface area contributed by atoms with Gasteiger partial charge in [0.1, 0.15) is 5.69 Å². The molecule has 0 fully saturated rings. The molecule has 5 nitrogen and oxygen atoms in total. The van der Waals surface area contributed by atoms with Crippen LogP contribution in [0.25, 0.3) is 0 Å². The third-order valence-corrected chi connectivity index (χ3v) is 2.74. The van der Waals surface area contributed by atoms with Crippen molar-refractivity contribution in [1.82, 2.24) is 9.88 Å². The maximum Gasteiger partial charge on any atom is 0.354 e. The number of carboxylic acids is 1. The van der Waals surface area contributed by atoms with Gasteiger partial charge in [-0.25, -0.2) is 9.78 Å². The van der Waals surface area contributed by atoms with Crippen molar-refractivity contribution in [2.75, 3.05) is 38.6 Å². The Bertz CT molecular complexity index is 394. The van der Waals surface area contributed by atoms with E-state index in [2.05, 4.69) is 21.7 Å². The topological polar surface area (TPSA) is 56.7 Å². The number of anilines is 1. The maximum absolute atomic E-state index is 10.9. The van der Waals surface area contributed by atoms with Crippen LogP contribution in [0.3, 0.4) is 0 Å². The quantitative estimate of drug-likeness (QED) is 0.797. The minimum atomic E-state index is -0.985. The van der Waals surface area contributed by atoms with Gasteiger partial charge in [0.15, 0.2) is 0 Å². The van der Waals surface area contributed by atoms with E-state index < -0.39 is 5.97 Å². The molecule has 1 aromatic heterocycles. The van der Waals surface area contributed by atoms with E-state index in [1.807, 2.05) is 20.2 Å². The first-order valence-corrected chi connectivity index (χ1v) is 6.13. The summed E-state index contributed by atoms with van der Waals surface area (Å²) in [5.41, 5.74) is 1.02. The number of carbonyl (C=O) groups is 1. The van der Waals surface area contributed by atoms with Gasteiger partial charge >= 0.3 is 5.97 Å². The van der Waals surface area contributed by atoms with E-state index in [-0.39, 0.29) is 5.69 Å². The fourth-order valence-corrected chi connectivity index (χ4v) is 1.78. The second kappa shape index (κ2) is 6.96. The number of hydrogen-bond acceptors (Lipinski definition) is 4. The molecule has 18 heavy (non-hydrogen) atoms. The molecule has 0 radical (unpaired) electrons. The van der Waals surface area contributed by atoms with Crippen molar-refractivity contribution in [3.63, 3.8) is 0 Å². The van der Waals surface area contributed by atoms with Gasteiger partial charge in [-0.3, -0.25) is 0 Å². The summed E-state index contributed by atoms with van der Waals surface area (Å²) in [4.78, 5) is 19.0. The summed E-state index contributed by atoms with van der Waals surface area (Å²) in [6.45, 7) is 4.86. The van der Waals surface area contributed by atoms with Crippen LogP contribution in [0, 0.1) is 0 Å². The Balaban J connectivity index is 2.69. The average Bonchev–Trinajstić information content (AvgIpc) is 2.34. The molecule has 0 aliphatic rings. The number of hydrogen-bond donors (Lipinski definition) is 1. The molecule has 1 rings (SSSR count). The van der Waals surface area contributed by atoms with Crippen LogP contribution >= 0.6 is 0 Å². The van der Waals surface area contributed by atoms with E-state index in [1.54, 1.807) is 12.3 Å². The van der Waals surface area contributed by atoms with E-state index in [9.17, 15) is 4.79 Å². The zero-order valence-corrected chi connectivity index (χ0v) is 11.3. The predicted octanol–water partition coefficient (Wildman–Crippen LogP) is 1.56. The van der Waals surface area contributed by atoms with Gasteiger partial charge in [-0.1, -0.05) is 0 Å². The van der Waals surface area contributed by atoms with Crippen LogP contribution in [0.4, 0.5) is 5.69 Å². The normalized spacial score (nSPS) is 10.7. The number of carboxylic acid groups (broad SMARTS) is 1. The summed E-state index contributed by atoms with van der Waals surface area (Å²) in [5, 5.41) is 8.92. The Morgan fingerprint density at radius 2 is 2.11 bits per heavy atom. The lowest BCUT2D eigenvalue weighted by Crippen LogP contribution is -2.27. The van der Waals surface area contributed by atoms with Crippen LogP contribution in [-0.2, 0) is 0 Å². The number of pyridine rings is 1. The monoisotopic (exact) mass is 251 g/mol. The molecule has 1 aromatic rings. The lowest BCUT2D eigenvalue weighted by atomic mass is 10.2. The third kappa shape index (κ3) is 4.33. The van der Waals surface area contributed by atoms with Crippen molar-refractivity contribution in [2.24, 2.45) is 0 Å². The second-order valence-electron chi connectivity index (χ2n) is 4.44. The third-order valence-electron chi connectivity index (χ3n) is 2.74. The minimum absolute atomic E-state index is 0.0959. The molecule has 1 N–H and O–H groups in total. The van der Waals surface area contributed by atoms with Crippen molar-refractivity contribution in [3.8, 4) is 0 Å². The highest BCUT2D eigenvalue weighted by Crippen LogP contribution is 2.14. The molecule has 0 aliphatic heterocycles. The van der Waals surface area contributed by atoms with E-state index in [0.29, 0.717) is 0 Å². The van der Waals surface area contributed by atoms with Crippen LogP contribution in [0.1, 0.15) is 23.8 Å². The largest absolute Gasteiger partial charge is 0.477 e. The first kappa shape index (κ1) is 14.4. The predicted molar refractivity (Wildman–Crippen MR) is 72.3 cm³/mol. The molecule has 0 unspecified atom stereocenters. The summed E-state index contributed by atoms with van der Waals surface area (Å²) >= 11 is 0. The highest BCUT2D eigenvalue weighted by Gasteiger charge is 2.09. The van der Waals surface area contributed by atoms with Crippen molar-refractivity contribution >= 4 is 11.7 Å². The first-order valence-electron chi connectivity index (χ1n) is 6.13. The van der Waals surface area contributed by atoms with Crippen LogP contribution in [-0.4, -0.2) is 54.7 Å². The van der Waals surface area contributed by atoms with E-state index in [0.717, 1.165) is 31.7 Å². The number of aromatic nitrogens is 1. The summed E-state index contributed by atoms with van der Waals surface area (Å²) in [6, 6.07) is 3.48. The van der Waals surface area contributed by atoms with Gasteiger partial charge < -0.3 is 14.9 Å². The lowest BCUT2D eigenvalue weighted by molar-refractivity contribution is 0.0690. The molecule has 0 aromatic carbocycles. The van der Waals surface area contributed by atoms with Gasteiger partial charge in [-0.2, -0.15) is 0 Å². The first-order chi connectivity index (χ1) is 8.54. The van der Waals surface area contributed by atoms with Gasteiger partial charge in [0.2, 0.25) is 0 Å². The molecule has 0 spiro atoms. The zero-order valence-electron chi connectivity index (χ0n) is 11.3. The number of aromatic carboxylic acids is 1. The van der Waals surface area contributed by atoms with Crippen molar-refractivity contribution < 1.29 is 9.90 Å². The smallest absolute Gasteiger partial charge is 0.354 e. The van der Waals surface area contributed by atoms with Crippen LogP contribution in [0.2, 0.25) is 0 Å². The van der Waals surface area contributed by atoms with E-state index in [1.165, 1.54) is 0 Å². The Labute approximate surface area is 108 Å². The molecular weight excluding hydrogens is 230 g/mol. The minimum Gasteiger partial charge on any atom is -0.477 e. The Kier molecular flexibility index (Phi) is 5.58. The Hall–Kier alpha value is -1.62. The molecule has 0 saturated heterocycles. The number of nitrogens with zero attached hydrogens (tertiary/aromatic N) is 3. The summed E-state index contributed by atoms with van der Waals surface area (Å²) in [7, 11) is 4.09. The van der Waals surface area contributed by atoms with E-state index in [4.69, 9.17) is 5.11 Å². The molecule has 0 amide bonds. The highest BCUT2D eigenvalue weighted by molar-refractivity contribution is 5.86. The Morgan fingerprint density at radius 3 is 2.67 bits per heavy atom. The highest BCUT2D eigenvalue weighted by atomic mass is 16.4. The van der Waals surface area contributed by atoms with Gasteiger partial charge in [0.05, 0.1) is 0 Å². The SMILES string of the molecule is CCN(CCCN(C)C)c1ccnc(C(=O)O)c1. The standard InChI is InChI=1S/C13H21N3O2/c1-4-16(9-5-8-15(2)3)11-6-7-14-12(10-11)13(17)18/h6-7,10H,4-5,8-9H2,1-3H3,(H,17,18). The summed E-state index contributed by atoms with van der Waals surface area (Å²) in [5.74, 6) is -0.985. The van der Waals surface area contributed by atoms with Gasteiger partial charge in [-0.15, -0.1) is 0 Å². The van der Waals surface area contributed by atoms with Crippen LogP contribution in [0.15, 0.2) is 18.3 Å². The van der Waals surface area contributed by atoms with Crippen molar-refractivity contribution in [3.05, 3.63) is 24.0 Å². The maximum atomic E-state index is 10.9. The lowest BCUT2D eigenvalue weighted by Gasteiger charge is -2.24. The second-order valence-corrected chi connectivity index (χ2v) is 4.44. The summed E-state index contributed by atoms with van der Waals surface area (Å²) in [6.07, 6.45) is 2.60. The molecule has 100 valence electrons. The van der Waals surface area contributed by atoms with Gasteiger partial charge in [0.25, 0.3) is 0 Å². The average molecular weight is 251 g/mol. The Morgan fingerprint density at radius 1 is 1.39 bits per heavy atom. The van der Waals surface area contributed by atoms with Crippen molar-refractivity contribution in [1.29, 1.82) is 0 Å². The molecule has 0 aliphatic carbocycles. The van der Waals surface area contributed by atoms with Gasteiger partial charge in [0, 0.05) is 25.0 Å². The molecule has 1 heterocycles. The fourth-order valence-electron chi connectivity index (χ4n) is 1.78. The van der Waals surface area contributed by atoms with Crippen molar-refractivity contribution in [2.45, 2.75) is 13.3 Å². The zero-order chi connectivity index (χ0) is 13.5.